The molecule has 0 fully saturated rings. The summed E-state index contributed by atoms with van der Waals surface area (Å²) < 4.78 is 5.09. The first-order chi connectivity index (χ1) is 11.5. The minimum Gasteiger partial charge on any atom is -0.480 e. The van der Waals surface area contributed by atoms with Gasteiger partial charge in [0.25, 0.3) is 5.91 Å². The minimum atomic E-state index is -1.03. The van der Waals surface area contributed by atoms with Crippen LogP contribution in [-0.4, -0.2) is 35.0 Å². The number of amides is 1. The molecular weight excluding hydrogens is 306 g/mol. The molecule has 1 atom stereocenters. The van der Waals surface area contributed by atoms with E-state index in [1.54, 1.807) is 25.3 Å². The van der Waals surface area contributed by atoms with E-state index in [0.29, 0.717) is 12.2 Å². The third-order valence-corrected chi connectivity index (χ3v) is 3.77. The van der Waals surface area contributed by atoms with E-state index < -0.39 is 12.0 Å². The molecule has 2 rings (SSSR count). The molecule has 0 aliphatic heterocycles. The Morgan fingerprint density at radius 2 is 1.75 bits per heavy atom. The highest BCUT2D eigenvalue weighted by molar-refractivity contribution is 5.96. The second-order valence-corrected chi connectivity index (χ2v) is 5.57. The molecule has 126 valence electrons. The lowest BCUT2D eigenvalue weighted by atomic mass is 10.1. The van der Waals surface area contributed by atoms with Crippen molar-refractivity contribution in [3.8, 4) is 0 Å². The van der Waals surface area contributed by atoms with Crippen molar-refractivity contribution in [2.75, 3.05) is 7.11 Å². The van der Waals surface area contributed by atoms with Crippen LogP contribution >= 0.6 is 0 Å². The molecule has 0 aliphatic carbocycles. The molecule has 0 radical (unpaired) electrons. The van der Waals surface area contributed by atoms with Crippen LogP contribution in [0.1, 0.15) is 28.4 Å². The fraction of sp³-hybridized carbons (Fsp3) is 0.263. The lowest BCUT2D eigenvalue weighted by Crippen LogP contribution is -2.42. The van der Waals surface area contributed by atoms with E-state index in [1.807, 2.05) is 36.4 Å². The van der Waals surface area contributed by atoms with Crippen LogP contribution in [0.4, 0.5) is 0 Å². The van der Waals surface area contributed by atoms with Gasteiger partial charge in [-0.25, -0.2) is 4.79 Å². The van der Waals surface area contributed by atoms with Crippen LogP contribution in [0.25, 0.3) is 0 Å². The first kappa shape index (κ1) is 17.7. The highest BCUT2D eigenvalue weighted by atomic mass is 16.5. The zero-order valence-electron chi connectivity index (χ0n) is 13.8. The zero-order chi connectivity index (χ0) is 17.5. The van der Waals surface area contributed by atoms with Gasteiger partial charge in [0.2, 0.25) is 0 Å². The number of carbonyl (C=O) groups excluding carboxylic acids is 1. The number of hydrogen-bond acceptors (Lipinski definition) is 3. The summed E-state index contributed by atoms with van der Waals surface area (Å²) in [5.74, 6) is -1.35. The molecule has 0 bridgehead atoms. The Morgan fingerprint density at radius 1 is 1.08 bits per heavy atom. The lowest BCUT2D eigenvalue weighted by Gasteiger charge is -2.27. The molecule has 2 aromatic carbocycles. The summed E-state index contributed by atoms with van der Waals surface area (Å²) in [7, 11) is 1.59. The number of nitrogens with zero attached hydrogens (tertiary/aromatic N) is 1. The molecule has 0 aromatic heterocycles. The standard InChI is InChI=1S/C19H21NO4/c1-14(19(22)23)20(12-15-7-4-3-5-8-15)18(21)17-10-6-9-16(11-17)13-24-2/h3-11,14H,12-13H2,1-2H3,(H,22,23). The smallest absolute Gasteiger partial charge is 0.326 e. The number of aliphatic carboxylic acids is 1. The number of carbonyl (C=O) groups is 2. The molecule has 0 spiro atoms. The van der Waals surface area contributed by atoms with Gasteiger partial charge in [-0.1, -0.05) is 42.5 Å². The maximum absolute atomic E-state index is 12.9. The summed E-state index contributed by atoms with van der Waals surface area (Å²) in [5.41, 5.74) is 2.20. The van der Waals surface area contributed by atoms with Crippen molar-refractivity contribution in [2.24, 2.45) is 0 Å². The van der Waals surface area contributed by atoms with Gasteiger partial charge in [0, 0.05) is 19.2 Å². The number of methoxy groups -OCH3 is 1. The van der Waals surface area contributed by atoms with Crippen molar-refractivity contribution < 1.29 is 19.4 Å². The summed E-state index contributed by atoms with van der Waals surface area (Å²) in [4.78, 5) is 25.7. The van der Waals surface area contributed by atoms with E-state index in [1.165, 1.54) is 11.8 Å². The van der Waals surface area contributed by atoms with Crippen LogP contribution in [0.2, 0.25) is 0 Å². The van der Waals surface area contributed by atoms with Gasteiger partial charge in [-0.3, -0.25) is 4.79 Å². The maximum Gasteiger partial charge on any atom is 0.326 e. The second-order valence-electron chi connectivity index (χ2n) is 5.57. The molecule has 0 saturated heterocycles. The van der Waals surface area contributed by atoms with Gasteiger partial charge >= 0.3 is 5.97 Å². The third-order valence-electron chi connectivity index (χ3n) is 3.77. The first-order valence-electron chi connectivity index (χ1n) is 7.68. The number of hydrogen-bond donors (Lipinski definition) is 1. The molecule has 5 heteroatoms. The normalized spacial score (nSPS) is 11.8. The molecule has 24 heavy (non-hydrogen) atoms. The van der Waals surface area contributed by atoms with Crippen LogP contribution in [0.15, 0.2) is 54.6 Å². The molecule has 2 aromatic rings. The van der Waals surface area contributed by atoms with E-state index in [0.717, 1.165) is 11.1 Å². The van der Waals surface area contributed by atoms with Crippen LogP contribution in [0, 0.1) is 0 Å². The number of carboxylic acids is 1. The van der Waals surface area contributed by atoms with E-state index in [9.17, 15) is 14.7 Å². The molecule has 1 amide bonds. The molecule has 1 N–H and O–H groups in total. The van der Waals surface area contributed by atoms with Crippen molar-refractivity contribution >= 4 is 11.9 Å². The highest BCUT2D eigenvalue weighted by Crippen LogP contribution is 2.15. The van der Waals surface area contributed by atoms with Gasteiger partial charge in [0.05, 0.1) is 6.61 Å². The Kier molecular flexibility index (Phi) is 6.09. The van der Waals surface area contributed by atoms with E-state index >= 15 is 0 Å². The largest absolute Gasteiger partial charge is 0.480 e. The van der Waals surface area contributed by atoms with E-state index in [4.69, 9.17) is 4.74 Å². The monoisotopic (exact) mass is 327 g/mol. The van der Waals surface area contributed by atoms with Crippen LogP contribution in [0.5, 0.6) is 0 Å². The Morgan fingerprint density at radius 3 is 2.38 bits per heavy atom. The highest BCUT2D eigenvalue weighted by Gasteiger charge is 2.26. The average molecular weight is 327 g/mol. The van der Waals surface area contributed by atoms with Gasteiger partial charge < -0.3 is 14.7 Å². The van der Waals surface area contributed by atoms with Crippen molar-refractivity contribution in [1.82, 2.24) is 4.90 Å². The Hall–Kier alpha value is -2.66. The van der Waals surface area contributed by atoms with Crippen LogP contribution in [-0.2, 0) is 22.7 Å². The molecule has 1 unspecified atom stereocenters. The summed E-state index contributed by atoms with van der Waals surface area (Å²) in [6.45, 7) is 2.15. The molecule has 0 saturated carbocycles. The Balaban J connectivity index is 2.30. The van der Waals surface area contributed by atoms with Gasteiger partial charge in [-0.05, 0) is 30.2 Å². The summed E-state index contributed by atoms with van der Waals surface area (Å²) in [5, 5.41) is 9.35. The summed E-state index contributed by atoms with van der Waals surface area (Å²) in [6, 6.07) is 15.5. The third kappa shape index (κ3) is 4.43. The van der Waals surface area contributed by atoms with Gasteiger partial charge in [-0.2, -0.15) is 0 Å². The molecular formula is C19H21NO4. The predicted octanol–water partition coefficient (Wildman–Crippen LogP) is 2.95. The first-order valence-corrected chi connectivity index (χ1v) is 7.68. The van der Waals surface area contributed by atoms with Crippen LogP contribution in [0.3, 0.4) is 0 Å². The fourth-order valence-electron chi connectivity index (χ4n) is 2.42. The van der Waals surface area contributed by atoms with Crippen molar-refractivity contribution in [1.29, 1.82) is 0 Å². The molecule has 0 heterocycles. The quantitative estimate of drug-likeness (QED) is 0.849. The maximum atomic E-state index is 12.9. The number of benzene rings is 2. The Bertz CT molecular complexity index is 700. The molecule has 5 nitrogen and oxygen atoms in total. The SMILES string of the molecule is COCc1cccc(C(=O)N(Cc2ccccc2)C(C)C(=O)O)c1. The van der Waals surface area contributed by atoms with Gasteiger partial charge in [0.1, 0.15) is 6.04 Å². The van der Waals surface area contributed by atoms with E-state index in [-0.39, 0.29) is 12.5 Å². The zero-order valence-corrected chi connectivity index (χ0v) is 13.8. The van der Waals surface area contributed by atoms with E-state index in [2.05, 4.69) is 0 Å². The summed E-state index contributed by atoms with van der Waals surface area (Å²) >= 11 is 0. The lowest BCUT2D eigenvalue weighted by molar-refractivity contribution is -0.141. The summed E-state index contributed by atoms with van der Waals surface area (Å²) in [6.07, 6.45) is 0. The van der Waals surface area contributed by atoms with Gasteiger partial charge in [0.15, 0.2) is 0 Å². The predicted molar refractivity (Wildman–Crippen MR) is 90.6 cm³/mol. The number of ether oxygens (including phenoxy) is 1. The topological polar surface area (TPSA) is 66.8 Å². The fourth-order valence-corrected chi connectivity index (χ4v) is 2.42. The average Bonchev–Trinajstić information content (AvgIpc) is 2.60. The molecule has 0 aliphatic rings. The second kappa shape index (κ2) is 8.26. The van der Waals surface area contributed by atoms with Crippen LogP contribution < -0.4 is 0 Å². The van der Waals surface area contributed by atoms with Crippen molar-refractivity contribution in [3.05, 3.63) is 71.3 Å². The Labute approximate surface area is 141 Å². The number of rotatable bonds is 7. The number of carboxylic acid groups (broad SMARTS) is 1. The van der Waals surface area contributed by atoms with Gasteiger partial charge in [-0.15, -0.1) is 0 Å². The van der Waals surface area contributed by atoms with Crippen molar-refractivity contribution in [3.63, 3.8) is 0 Å². The minimum absolute atomic E-state index is 0.238. The van der Waals surface area contributed by atoms with Crippen molar-refractivity contribution in [2.45, 2.75) is 26.1 Å².